The lowest BCUT2D eigenvalue weighted by Gasteiger charge is -2.06. The van der Waals surface area contributed by atoms with Crippen molar-refractivity contribution < 1.29 is 14.6 Å². The maximum absolute atomic E-state index is 11.9. The number of ether oxygens (including phenoxy) is 1. The van der Waals surface area contributed by atoms with Gasteiger partial charge in [0.25, 0.3) is 5.91 Å². The van der Waals surface area contributed by atoms with Crippen molar-refractivity contribution in [2.75, 3.05) is 0 Å². The summed E-state index contributed by atoms with van der Waals surface area (Å²) < 4.78 is 5.72. The van der Waals surface area contributed by atoms with Crippen LogP contribution in [0.1, 0.15) is 21.5 Å². The zero-order valence-corrected chi connectivity index (χ0v) is 14.0. The number of aromatic hydroxyl groups is 1. The summed E-state index contributed by atoms with van der Waals surface area (Å²) in [6, 6.07) is 23.6. The quantitative estimate of drug-likeness (QED) is 0.528. The van der Waals surface area contributed by atoms with Crippen molar-refractivity contribution in [3.63, 3.8) is 0 Å². The van der Waals surface area contributed by atoms with Crippen LogP contribution in [0.3, 0.4) is 0 Å². The predicted octanol–water partition coefficient (Wildman–Crippen LogP) is 3.74. The number of hydrogen-bond acceptors (Lipinski definition) is 4. The SMILES string of the molecule is O=C(N/N=C/c1ccc(OCc2ccccc2)cc1)c1ccccc1O. The van der Waals surface area contributed by atoms with Gasteiger partial charge in [0.1, 0.15) is 18.1 Å². The molecular formula is C21H18N2O3. The zero-order valence-electron chi connectivity index (χ0n) is 14.0. The lowest BCUT2D eigenvalue weighted by molar-refractivity contribution is 0.0952. The topological polar surface area (TPSA) is 70.9 Å². The molecule has 1 amide bonds. The van der Waals surface area contributed by atoms with Gasteiger partial charge in [-0.1, -0.05) is 42.5 Å². The number of nitrogens with one attached hydrogen (secondary N) is 1. The molecule has 3 aromatic carbocycles. The summed E-state index contributed by atoms with van der Waals surface area (Å²) in [5, 5.41) is 13.5. The summed E-state index contributed by atoms with van der Waals surface area (Å²) >= 11 is 0. The minimum atomic E-state index is -0.470. The summed E-state index contributed by atoms with van der Waals surface area (Å²) in [7, 11) is 0. The van der Waals surface area contributed by atoms with Crippen LogP contribution >= 0.6 is 0 Å². The molecule has 26 heavy (non-hydrogen) atoms. The van der Waals surface area contributed by atoms with Crippen molar-refractivity contribution in [1.82, 2.24) is 5.43 Å². The van der Waals surface area contributed by atoms with E-state index < -0.39 is 5.91 Å². The number of carbonyl (C=O) groups excluding carboxylic acids is 1. The third kappa shape index (κ3) is 4.70. The molecule has 5 nitrogen and oxygen atoms in total. The second-order valence-corrected chi connectivity index (χ2v) is 5.56. The Labute approximate surface area is 151 Å². The molecule has 2 N–H and O–H groups in total. The fourth-order valence-electron chi connectivity index (χ4n) is 2.28. The van der Waals surface area contributed by atoms with Crippen LogP contribution in [0.15, 0.2) is 84.0 Å². The lowest BCUT2D eigenvalue weighted by atomic mass is 10.2. The summed E-state index contributed by atoms with van der Waals surface area (Å²) in [5.74, 6) is 0.200. The molecule has 0 fully saturated rings. The van der Waals surface area contributed by atoms with E-state index in [0.717, 1.165) is 16.9 Å². The Morgan fingerprint density at radius 2 is 1.65 bits per heavy atom. The highest BCUT2D eigenvalue weighted by molar-refractivity contribution is 5.97. The smallest absolute Gasteiger partial charge is 0.275 e. The molecule has 0 spiro atoms. The second-order valence-electron chi connectivity index (χ2n) is 5.56. The molecular weight excluding hydrogens is 328 g/mol. The normalized spacial score (nSPS) is 10.6. The van der Waals surface area contributed by atoms with Gasteiger partial charge < -0.3 is 9.84 Å². The minimum absolute atomic E-state index is 0.0832. The van der Waals surface area contributed by atoms with E-state index >= 15 is 0 Å². The monoisotopic (exact) mass is 346 g/mol. The first kappa shape index (κ1) is 17.2. The predicted molar refractivity (Wildman–Crippen MR) is 100 cm³/mol. The van der Waals surface area contributed by atoms with Crippen molar-refractivity contribution in [2.24, 2.45) is 5.10 Å². The van der Waals surface area contributed by atoms with Gasteiger partial charge in [-0.25, -0.2) is 5.43 Å². The Balaban J connectivity index is 1.53. The minimum Gasteiger partial charge on any atom is -0.507 e. The molecule has 3 rings (SSSR count). The standard InChI is InChI=1S/C21H18N2O3/c24-20-9-5-4-8-19(20)21(25)23-22-14-16-10-12-18(13-11-16)26-15-17-6-2-1-3-7-17/h1-14,24H,15H2,(H,23,25)/b22-14+. The van der Waals surface area contributed by atoms with Gasteiger partial charge >= 0.3 is 0 Å². The highest BCUT2D eigenvalue weighted by atomic mass is 16.5. The number of hydrogen-bond donors (Lipinski definition) is 2. The Bertz CT molecular complexity index is 891. The fourth-order valence-corrected chi connectivity index (χ4v) is 2.28. The van der Waals surface area contributed by atoms with E-state index in [1.54, 1.807) is 12.1 Å². The van der Waals surface area contributed by atoms with E-state index in [1.807, 2.05) is 54.6 Å². The second kappa shape index (κ2) is 8.48. The average Bonchev–Trinajstić information content (AvgIpc) is 2.68. The van der Waals surface area contributed by atoms with Crippen molar-refractivity contribution in [1.29, 1.82) is 0 Å². The Morgan fingerprint density at radius 3 is 2.38 bits per heavy atom. The maximum atomic E-state index is 11.9. The molecule has 0 aliphatic heterocycles. The number of benzene rings is 3. The van der Waals surface area contributed by atoms with E-state index in [1.165, 1.54) is 18.3 Å². The Kier molecular flexibility index (Phi) is 5.62. The summed E-state index contributed by atoms with van der Waals surface area (Å²) in [4.78, 5) is 11.9. The molecule has 0 saturated heterocycles. The third-order valence-electron chi connectivity index (χ3n) is 3.66. The molecule has 0 bridgehead atoms. The van der Waals surface area contributed by atoms with Crippen molar-refractivity contribution in [2.45, 2.75) is 6.61 Å². The molecule has 0 radical (unpaired) electrons. The highest BCUT2D eigenvalue weighted by Crippen LogP contribution is 2.15. The molecule has 3 aromatic rings. The van der Waals surface area contributed by atoms with Gasteiger partial charge in [0, 0.05) is 0 Å². The maximum Gasteiger partial charge on any atom is 0.275 e. The van der Waals surface area contributed by atoms with Crippen LogP contribution in [0.2, 0.25) is 0 Å². The van der Waals surface area contributed by atoms with Crippen molar-refractivity contribution >= 4 is 12.1 Å². The molecule has 0 aliphatic carbocycles. The number of amides is 1. The number of nitrogens with zero attached hydrogens (tertiary/aromatic N) is 1. The lowest BCUT2D eigenvalue weighted by Crippen LogP contribution is -2.17. The number of hydrazone groups is 1. The zero-order chi connectivity index (χ0) is 18.2. The van der Waals surface area contributed by atoms with Gasteiger partial charge in [-0.05, 0) is 47.5 Å². The molecule has 0 unspecified atom stereocenters. The van der Waals surface area contributed by atoms with Gasteiger partial charge in [-0.2, -0.15) is 5.10 Å². The van der Waals surface area contributed by atoms with Gasteiger partial charge in [-0.3, -0.25) is 4.79 Å². The van der Waals surface area contributed by atoms with Crippen LogP contribution in [-0.4, -0.2) is 17.2 Å². The number of phenolic OH excluding ortho intramolecular Hbond substituents is 1. The van der Waals surface area contributed by atoms with Crippen LogP contribution in [0, 0.1) is 0 Å². The fraction of sp³-hybridized carbons (Fsp3) is 0.0476. The van der Waals surface area contributed by atoms with Gasteiger partial charge in [0.2, 0.25) is 0 Å². The molecule has 0 aromatic heterocycles. The van der Waals surface area contributed by atoms with E-state index in [9.17, 15) is 9.90 Å². The van der Waals surface area contributed by atoms with Gasteiger partial charge in [-0.15, -0.1) is 0 Å². The summed E-state index contributed by atoms with van der Waals surface area (Å²) in [5.41, 5.74) is 4.48. The number of carbonyl (C=O) groups is 1. The van der Waals surface area contributed by atoms with Crippen LogP contribution in [0.4, 0.5) is 0 Å². The van der Waals surface area contributed by atoms with E-state index in [0.29, 0.717) is 6.61 Å². The summed E-state index contributed by atoms with van der Waals surface area (Å²) in [6.07, 6.45) is 1.53. The first-order valence-corrected chi connectivity index (χ1v) is 8.10. The Hall–Kier alpha value is -3.60. The van der Waals surface area contributed by atoms with Crippen LogP contribution in [0.25, 0.3) is 0 Å². The van der Waals surface area contributed by atoms with Gasteiger partial charge in [0.15, 0.2) is 0 Å². The Morgan fingerprint density at radius 1 is 0.962 bits per heavy atom. The highest BCUT2D eigenvalue weighted by Gasteiger charge is 2.08. The molecule has 0 aliphatic rings. The average molecular weight is 346 g/mol. The molecule has 0 saturated carbocycles. The number of phenols is 1. The molecule has 5 heteroatoms. The summed E-state index contributed by atoms with van der Waals surface area (Å²) in [6.45, 7) is 0.505. The number of rotatable bonds is 6. The third-order valence-corrected chi connectivity index (χ3v) is 3.66. The van der Waals surface area contributed by atoms with E-state index in [2.05, 4.69) is 10.5 Å². The molecule has 0 heterocycles. The van der Waals surface area contributed by atoms with Gasteiger partial charge in [0.05, 0.1) is 11.8 Å². The van der Waals surface area contributed by atoms with Crippen molar-refractivity contribution in [3.8, 4) is 11.5 Å². The number of para-hydroxylation sites is 1. The van der Waals surface area contributed by atoms with Crippen LogP contribution in [-0.2, 0) is 6.61 Å². The van der Waals surface area contributed by atoms with E-state index in [4.69, 9.17) is 4.74 Å². The molecule has 130 valence electrons. The largest absolute Gasteiger partial charge is 0.507 e. The van der Waals surface area contributed by atoms with Crippen LogP contribution in [0.5, 0.6) is 11.5 Å². The first-order valence-electron chi connectivity index (χ1n) is 8.10. The van der Waals surface area contributed by atoms with Crippen molar-refractivity contribution in [3.05, 3.63) is 95.6 Å². The van der Waals surface area contributed by atoms with Crippen LogP contribution < -0.4 is 10.2 Å². The molecule has 0 atom stereocenters. The van der Waals surface area contributed by atoms with E-state index in [-0.39, 0.29) is 11.3 Å². The first-order chi connectivity index (χ1) is 12.7.